The summed E-state index contributed by atoms with van der Waals surface area (Å²) in [6, 6.07) is 0. The van der Waals surface area contributed by atoms with Gasteiger partial charge in [0.15, 0.2) is 0 Å². The Morgan fingerprint density at radius 2 is 1.70 bits per heavy atom. The second-order valence-corrected chi connectivity index (χ2v) is 5.43. The third-order valence-corrected chi connectivity index (χ3v) is 3.66. The van der Waals surface area contributed by atoms with Crippen LogP contribution in [0.25, 0.3) is 0 Å². The molecule has 1 heterocycles. The summed E-state index contributed by atoms with van der Waals surface area (Å²) in [6.07, 6.45) is 13.4. The van der Waals surface area contributed by atoms with Crippen molar-refractivity contribution in [2.45, 2.75) is 71.1 Å². The fourth-order valence-corrected chi connectivity index (χ4v) is 2.46. The fourth-order valence-electron chi connectivity index (χ4n) is 2.46. The van der Waals surface area contributed by atoms with Gasteiger partial charge in [-0.2, -0.15) is 0 Å². The molecule has 3 heteroatoms. The molecule has 0 N–H and O–H groups in total. The van der Waals surface area contributed by atoms with Crippen LogP contribution in [0, 0.1) is 0 Å². The van der Waals surface area contributed by atoms with Gasteiger partial charge in [0.25, 0.3) is 0 Å². The Balaban J connectivity index is 2.43. The van der Waals surface area contributed by atoms with E-state index in [1.165, 1.54) is 32.1 Å². The van der Waals surface area contributed by atoms with Gasteiger partial charge in [-0.3, -0.25) is 0 Å². The van der Waals surface area contributed by atoms with Crippen molar-refractivity contribution in [1.82, 2.24) is 0 Å². The molecular weight excluding hydrogens is 252 g/mol. The number of carbonyl (C=O) groups is 1. The highest BCUT2D eigenvalue weighted by Gasteiger charge is 2.09. The van der Waals surface area contributed by atoms with Crippen LogP contribution < -0.4 is 0 Å². The summed E-state index contributed by atoms with van der Waals surface area (Å²) < 4.78 is 10.7. The van der Waals surface area contributed by atoms with Crippen molar-refractivity contribution in [2.24, 2.45) is 0 Å². The first-order valence-corrected chi connectivity index (χ1v) is 8.28. The molecule has 0 aromatic rings. The molecule has 0 atom stereocenters. The maximum atomic E-state index is 11.9. The molecule has 0 unspecified atom stereocenters. The predicted molar refractivity (Wildman–Crippen MR) is 81.7 cm³/mol. The molecule has 1 aliphatic rings. The molecule has 0 amide bonds. The van der Waals surface area contributed by atoms with Gasteiger partial charge >= 0.3 is 5.97 Å². The molecule has 0 saturated heterocycles. The van der Waals surface area contributed by atoms with Crippen molar-refractivity contribution in [3.05, 3.63) is 11.6 Å². The average Bonchev–Trinajstić information content (AvgIpc) is 2.45. The van der Waals surface area contributed by atoms with E-state index < -0.39 is 0 Å². The highest BCUT2D eigenvalue weighted by atomic mass is 16.5. The molecule has 0 spiro atoms. The van der Waals surface area contributed by atoms with Gasteiger partial charge < -0.3 is 9.47 Å². The van der Waals surface area contributed by atoms with E-state index in [4.69, 9.17) is 9.47 Å². The first-order valence-electron chi connectivity index (χ1n) is 8.28. The molecule has 1 rings (SSSR count). The third-order valence-electron chi connectivity index (χ3n) is 3.66. The van der Waals surface area contributed by atoms with Crippen LogP contribution in [0.4, 0.5) is 0 Å². The largest absolute Gasteiger partial charge is 0.463 e. The van der Waals surface area contributed by atoms with Gasteiger partial charge in [0.2, 0.25) is 0 Å². The molecule has 0 fully saturated rings. The topological polar surface area (TPSA) is 35.5 Å². The molecule has 0 aromatic heterocycles. The van der Waals surface area contributed by atoms with E-state index in [9.17, 15) is 4.79 Å². The number of carbonyl (C=O) groups excluding carboxylic acids is 1. The number of esters is 1. The van der Waals surface area contributed by atoms with Crippen LogP contribution in [0.2, 0.25) is 0 Å². The lowest BCUT2D eigenvalue weighted by molar-refractivity contribution is -0.138. The van der Waals surface area contributed by atoms with Crippen molar-refractivity contribution >= 4 is 5.97 Å². The van der Waals surface area contributed by atoms with Crippen LogP contribution in [0.5, 0.6) is 0 Å². The summed E-state index contributed by atoms with van der Waals surface area (Å²) in [4.78, 5) is 11.9. The minimum absolute atomic E-state index is 0.118. The van der Waals surface area contributed by atoms with Crippen LogP contribution in [0.15, 0.2) is 11.6 Å². The summed E-state index contributed by atoms with van der Waals surface area (Å²) in [5.41, 5.74) is 0.877. The van der Waals surface area contributed by atoms with Crippen molar-refractivity contribution < 1.29 is 14.3 Å². The lowest BCUT2D eigenvalue weighted by Crippen LogP contribution is -2.08. The summed E-state index contributed by atoms with van der Waals surface area (Å²) in [5, 5.41) is 0. The highest BCUT2D eigenvalue weighted by Crippen LogP contribution is 2.15. The minimum atomic E-state index is -0.118. The SMILES string of the molecule is CCOC(=O)/C1=C\CCCCOCCCCCCCC1. The Morgan fingerprint density at radius 3 is 2.45 bits per heavy atom. The van der Waals surface area contributed by atoms with Gasteiger partial charge in [0, 0.05) is 18.8 Å². The predicted octanol–water partition coefficient (Wildman–Crippen LogP) is 4.41. The Labute approximate surface area is 123 Å². The molecule has 0 aromatic carbocycles. The van der Waals surface area contributed by atoms with Crippen LogP contribution in [0.1, 0.15) is 71.1 Å². The normalized spacial score (nSPS) is 22.9. The molecule has 0 radical (unpaired) electrons. The van der Waals surface area contributed by atoms with E-state index in [-0.39, 0.29) is 5.97 Å². The van der Waals surface area contributed by atoms with Crippen molar-refractivity contribution in [3.63, 3.8) is 0 Å². The van der Waals surface area contributed by atoms with Gasteiger partial charge in [0.1, 0.15) is 0 Å². The second-order valence-electron chi connectivity index (χ2n) is 5.43. The number of allylic oxidation sites excluding steroid dienone is 1. The molecule has 0 saturated carbocycles. The van der Waals surface area contributed by atoms with Crippen LogP contribution in [-0.2, 0) is 14.3 Å². The zero-order valence-electron chi connectivity index (χ0n) is 13.0. The van der Waals surface area contributed by atoms with Crippen LogP contribution in [0.3, 0.4) is 0 Å². The number of hydrogen-bond acceptors (Lipinski definition) is 3. The Morgan fingerprint density at radius 1 is 1.05 bits per heavy atom. The Hall–Kier alpha value is -0.830. The maximum Gasteiger partial charge on any atom is 0.333 e. The van der Waals surface area contributed by atoms with E-state index in [1.54, 1.807) is 0 Å². The van der Waals surface area contributed by atoms with Gasteiger partial charge in [0.05, 0.1) is 6.61 Å². The summed E-state index contributed by atoms with van der Waals surface area (Å²) in [7, 11) is 0. The zero-order valence-corrected chi connectivity index (χ0v) is 13.0. The van der Waals surface area contributed by atoms with Gasteiger partial charge in [-0.15, -0.1) is 0 Å². The summed E-state index contributed by atoms with van der Waals surface area (Å²) in [6.45, 7) is 4.08. The van der Waals surface area contributed by atoms with Crippen LogP contribution >= 0.6 is 0 Å². The minimum Gasteiger partial charge on any atom is -0.463 e. The second kappa shape index (κ2) is 12.0. The average molecular weight is 282 g/mol. The fraction of sp³-hybridized carbons (Fsp3) is 0.824. The van der Waals surface area contributed by atoms with E-state index in [0.717, 1.165) is 50.9 Å². The van der Waals surface area contributed by atoms with Gasteiger partial charge in [-0.05, 0) is 45.4 Å². The molecular formula is C17H30O3. The van der Waals surface area contributed by atoms with Gasteiger partial charge in [-0.1, -0.05) is 31.8 Å². The molecule has 20 heavy (non-hydrogen) atoms. The summed E-state index contributed by atoms with van der Waals surface area (Å²) >= 11 is 0. The quantitative estimate of drug-likeness (QED) is 0.704. The number of ether oxygens (including phenoxy) is 2. The third kappa shape index (κ3) is 8.36. The standard InChI is InChI=1S/C17H30O3/c1-2-20-17(18)16-12-8-5-3-4-6-10-14-19-15-11-7-9-13-16/h13H,2-12,14-15H2,1H3/b16-13-. The highest BCUT2D eigenvalue weighted by molar-refractivity contribution is 5.88. The molecule has 0 bridgehead atoms. The summed E-state index contributed by atoms with van der Waals surface area (Å²) in [5.74, 6) is -0.118. The smallest absolute Gasteiger partial charge is 0.333 e. The molecule has 0 aliphatic carbocycles. The zero-order chi connectivity index (χ0) is 14.5. The van der Waals surface area contributed by atoms with E-state index in [0.29, 0.717) is 6.61 Å². The molecule has 3 nitrogen and oxygen atoms in total. The lowest BCUT2D eigenvalue weighted by Gasteiger charge is -2.07. The van der Waals surface area contributed by atoms with Crippen LogP contribution in [-0.4, -0.2) is 25.8 Å². The first kappa shape index (κ1) is 17.2. The van der Waals surface area contributed by atoms with Gasteiger partial charge in [-0.25, -0.2) is 4.79 Å². The Kier molecular flexibility index (Phi) is 10.3. The first-order chi connectivity index (χ1) is 9.84. The van der Waals surface area contributed by atoms with E-state index in [2.05, 4.69) is 6.08 Å². The van der Waals surface area contributed by atoms with E-state index in [1.807, 2.05) is 6.92 Å². The maximum absolute atomic E-state index is 11.9. The monoisotopic (exact) mass is 282 g/mol. The Bertz CT molecular complexity index is 284. The molecule has 1 aliphatic heterocycles. The number of hydrogen-bond donors (Lipinski definition) is 0. The molecule has 116 valence electrons. The number of rotatable bonds is 2. The van der Waals surface area contributed by atoms with Crippen molar-refractivity contribution in [2.75, 3.05) is 19.8 Å². The van der Waals surface area contributed by atoms with Crippen molar-refractivity contribution in [3.8, 4) is 0 Å². The lowest BCUT2D eigenvalue weighted by atomic mass is 10.0. The van der Waals surface area contributed by atoms with Crippen molar-refractivity contribution in [1.29, 1.82) is 0 Å². The van der Waals surface area contributed by atoms with E-state index >= 15 is 0 Å².